The van der Waals surface area contributed by atoms with Gasteiger partial charge in [-0.25, -0.2) is 4.79 Å². The molecule has 0 aliphatic heterocycles. The van der Waals surface area contributed by atoms with Crippen LogP contribution in [0.3, 0.4) is 0 Å². The maximum atomic E-state index is 12.6. The van der Waals surface area contributed by atoms with Crippen LogP contribution in [0.25, 0.3) is 0 Å². The van der Waals surface area contributed by atoms with E-state index in [0.717, 1.165) is 44.9 Å². The summed E-state index contributed by atoms with van der Waals surface area (Å²) >= 11 is 0. The zero-order chi connectivity index (χ0) is 42.0. The highest BCUT2D eigenvalue weighted by molar-refractivity contribution is 5.91. The van der Waals surface area contributed by atoms with Gasteiger partial charge in [0.05, 0.1) is 19.8 Å². The van der Waals surface area contributed by atoms with Gasteiger partial charge in [-0.2, -0.15) is 0 Å². The summed E-state index contributed by atoms with van der Waals surface area (Å²) in [7, 11) is 0. The van der Waals surface area contributed by atoms with E-state index < -0.39 is 47.3 Å². The van der Waals surface area contributed by atoms with Gasteiger partial charge in [0.15, 0.2) is 0 Å². The number of carboxylic acids is 3. The average molecular weight is 802 g/mol. The number of rotatable bonds is 38. The van der Waals surface area contributed by atoms with Gasteiger partial charge in [-0.15, -0.1) is 0 Å². The fourth-order valence-corrected chi connectivity index (χ4v) is 5.68. The second-order valence-corrected chi connectivity index (χ2v) is 14.7. The fourth-order valence-electron chi connectivity index (χ4n) is 5.68. The van der Waals surface area contributed by atoms with Crippen molar-refractivity contribution in [3.8, 4) is 0 Å². The molecule has 2 atom stereocenters. The predicted molar refractivity (Wildman–Crippen MR) is 210 cm³/mol. The minimum atomic E-state index is -1.29. The van der Waals surface area contributed by atoms with Crippen molar-refractivity contribution in [3.05, 3.63) is 0 Å². The fraction of sp³-hybridized carbons (Fsp3) is 0.821. The molecule has 324 valence electrons. The van der Waals surface area contributed by atoms with Crippen LogP contribution in [-0.4, -0.2) is 114 Å². The van der Waals surface area contributed by atoms with Crippen molar-refractivity contribution in [2.24, 2.45) is 5.73 Å². The van der Waals surface area contributed by atoms with Crippen LogP contribution in [-0.2, 0) is 43.0 Å². The summed E-state index contributed by atoms with van der Waals surface area (Å²) in [6.07, 6.45) is 16.5. The second kappa shape index (κ2) is 33.3. The zero-order valence-electron chi connectivity index (χ0n) is 33.8. The van der Waals surface area contributed by atoms with E-state index in [4.69, 9.17) is 25.4 Å². The molecule has 0 saturated heterocycles. The van der Waals surface area contributed by atoms with Crippen LogP contribution in [0.2, 0.25) is 0 Å². The number of amides is 4. The van der Waals surface area contributed by atoms with Crippen LogP contribution in [0.4, 0.5) is 0 Å². The highest BCUT2D eigenvalue weighted by atomic mass is 16.5. The summed E-state index contributed by atoms with van der Waals surface area (Å²) in [6, 6.07) is -2.13. The predicted octanol–water partition coefficient (Wildman–Crippen LogP) is 3.40. The first-order valence-electron chi connectivity index (χ1n) is 20.4. The molecule has 0 heterocycles. The molecule has 0 bridgehead atoms. The Hall–Kier alpha value is -3.83. The van der Waals surface area contributed by atoms with Crippen molar-refractivity contribution in [2.75, 3.05) is 39.5 Å². The Kier molecular flexibility index (Phi) is 31.0. The van der Waals surface area contributed by atoms with Gasteiger partial charge in [0.25, 0.3) is 0 Å². The minimum absolute atomic E-state index is 0.126. The number of nitrogens with one attached hydrogen (secondary N) is 4. The highest BCUT2D eigenvalue weighted by Crippen LogP contribution is 2.14. The van der Waals surface area contributed by atoms with Crippen LogP contribution in [0.15, 0.2) is 0 Å². The van der Waals surface area contributed by atoms with Gasteiger partial charge < -0.3 is 51.8 Å². The lowest BCUT2D eigenvalue weighted by molar-refractivity contribution is -0.142. The van der Waals surface area contributed by atoms with Crippen molar-refractivity contribution in [1.29, 1.82) is 0 Å². The molecule has 0 aliphatic carbocycles. The average Bonchev–Trinajstić information content (AvgIpc) is 3.13. The molecule has 0 saturated carbocycles. The standard InChI is InChI=1S/C39H71N5O12/c1-39(2,38(54)42-25-26-55-27-28-56-29-34(47)41-24-18-17-19-30(40)36(50)51)44-33(46)23-22-31(37(52)53)43-32(45)20-15-13-11-9-7-5-3-4-6-8-10-12-14-16-21-35(48)49/h30-31H,3-29,40H2,1-2H3,(H,41,47)(H,42,54)(H,43,45)(H,44,46)(H,48,49)(H,50,51)(H,52,53)/t30-,31-/m0/s1. The lowest BCUT2D eigenvalue weighted by Crippen LogP contribution is -2.55. The van der Waals surface area contributed by atoms with Gasteiger partial charge in [-0.05, 0) is 52.4 Å². The Morgan fingerprint density at radius 2 is 1.09 bits per heavy atom. The van der Waals surface area contributed by atoms with Crippen molar-refractivity contribution in [1.82, 2.24) is 21.3 Å². The molecule has 56 heavy (non-hydrogen) atoms. The topological polar surface area (TPSA) is 273 Å². The summed E-state index contributed by atoms with van der Waals surface area (Å²) < 4.78 is 10.6. The first kappa shape index (κ1) is 52.2. The van der Waals surface area contributed by atoms with E-state index in [-0.39, 0.29) is 70.5 Å². The van der Waals surface area contributed by atoms with E-state index in [1.807, 2.05) is 0 Å². The summed E-state index contributed by atoms with van der Waals surface area (Å²) in [5, 5.41) is 37.4. The van der Waals surface area contributed by atoms with Crippen molar-refractivity contribution < 1.29 is 58.4 Å². The third-order valence-electron chi connectivity index (χ3n) is 9.08. The Morgan fingerprint density at radius 3 is 1.62 bits per heavy atom. The third-order valence-corrected chi connectivity index (χ3v) is 9.08. The number of hydrogen-bond donors (Lipinski definition) is 8. The lowest BCUT2D eigenvalue weighted by atomic mass is 10.0. The minimum Gasteiger partial charge on any atom is -0.481 e. The molecule has 0 rings (SSSR count). The van der Waals surface area contributed by atoms with Crippen LogP contribution < -0.4 is 27.0 Å². The molecule has 17 nitrogen and oxygen atoms in total. The van der Waals surface area contributed by atoms with Crippen LogP contribution in [0.1, 0.15) is 149 Å². The van der Waals surface area contributed by atoms with Gasteiger partial charge in [-0.3, -0.25) is 28.8 Å². The molecule has 0 spiro atoms. The number of aliphatic carboxylic acids is 3. The van der Waals surface area contributed by atoms with Crippen molar-refractivity contribution in [2.45, 2.75) is 166 Å². The maximum absolute atomic E-state index is 12.6. The monoisotopic (exact) mass is 802 g/mol. The Labute approximate surface area is 332 Å². The summed E-state index contributed by atoms with van der Waals surface area (Å²) in [6.45, 7) is 3.90. The molecular weight excluding hydrogens is 730 g/mol. The summed E-state index contributed by atoms with van der Waals surface area (Å²) in [5.74, 6) is -4.69. The van der Waals surface area contributed by atoms with E-state index in [0.29, 0.717) is 32.2 Å². The summed E-state index contributed by atoms with van der Waals surface area (Å²) in [5.41, 5.74) is 4.14. The van der Waals surface area contributed by atoms with E-state index in [9.17, 15) is 38.7 Å². The molecule has 0 radical (unpaired) electrons. The Balaban J connectivity index is 3.97. The SMILES string of the molecule is CC(C)(NC(=O)CC[C@H](NC(=O)CCCCCCCCCCCCCCCCC(=O)O)C(=O)O)C(=O)NCCOCCOCC(=O)NCCCC[C@H](N)C(=O)O. The molecule has 4 amide bonds. The van der Waals surface area contributed by atoms with Gasteiger partial charge in [-0.1, -0.05) is 77.0 Å². The lowest BCUT2D eigenvalue weighted by Gasteiger charge is -2.25. The van der Waals surface area contributed by atoms with E-state index in [1.54, 1.807) is 0 Å². The quantitative estimate of drug-likeness (QED) is 0.0417. The Morgan fingerprint density at radius 1 is 0.554 bits per heavy atom. The molecule has 9 N–H and O–H groups in total. The largest absolute Gasteiger partial charge is 0.481 e. The zero-order valence-corrected chi connectivity index (χ0v) is 33.8. The molecule has 0 aromatic carbocycles. The van der Waals surface area contributed by atoms with Gasteiger partial charge in [0, 0.05) is 32.4 Å². The Bertz CT molecular complexity index is 1150. The van der Waals surface area contributed by atoms with Crippen LogP contribution in [0, 0.1) is 0 Å². The molecule has 0 aromatic heterocycles. The first-order chi connectivity index (χ1) is 26.7. The van der Waals surface area contributed by atoms with Crippen LogP contribution in [0.5, 0.6) is 0 Å². The molecule has 17 heteroatoms. The van der Waals surface area contributed by atoms with Gasteiger partial charge >= 0.3 is 17.9 Å². The number of carbonyl (C=O) groups is 7. The number of carbonyl (C=O) groups excluding carboxylic acids is 4. The number of unbranched alkanes of at least 4 members (excludes halogenated alkanes) is 14. The van der Waals surface area contributed by atoms with Crippen LogP contribution >= 0.6 is 0 Å². The highest BCUT2D eigenvalue weighted by Gasteiger charge is 2.30. The van der Waals surface area contributed by atoms with Crippen molar-refractivity contribution >= 4 is 41.5 Å². The first-order valence-corrected chi connectivity index (χ1v) is 20.4. The molecule has 0 fully saturated rings. The molecule has 0 aliphatic rings. The molecule has 0 unspecified atom stereocenters. The number of hydrogen-bond acceptors (Lipinski definition) is 10. The number of carboxylic acid groups (broad SMARTS) is 3. The van der Waals surface area contributed by atoms with E-state index in [1.165, 1.54) is 52.4 Å². The van der Waals surface area contributed by atoms with E-state index >= 15 is 0 Å². The van der Waals surface area contributed by atoms with E-state index in [2.05, 4.69) is 21.3 Å². The second-order valence-electron chi connectivity index (χ2n) is 14.7. The smallest absolute Gasteiger partial charge is 0.326 e. The van der Waals surface area contributed by atoms with Gasteiger partial charge in [0.1, 0.15) is 24.2 Å². The van der Waals surface area contributed by atoms with Crippen molar-refractivity contribution in [3.63, 3.8) is 0 Å². The third kappa shape index (κ3) is 31.4. The summed E-state index contributed by atoms with van der Waals surface area (Å²) in [4.78, 5) is 82.3. The maximum Gasteiger partial charge on any atom is 0.326 e. The number of nitrogens with two attached hydrogens (primary N) is 1. The number of ether oxygens (including phenoxy) is 2. The molecular formula is C39H71N5O12. The molecule has 0 aromatic rings. The normalized spacial score (nSPS) is 12.3. The van der Waals surface area contributed by atoms with Gasteiger partial charge in [0.2, 0.25) is 23.6 Å².